The number of aliphatic hydroxyl groups is 1. The summed E-state index contributed by atoms with van der Waals surface area (Å²) < 4.78 is 25.3. The second-order valence-corrected chi connectivity index (χ2v) is 10.3. The summed E-state index contributed by atoms with van der Waals surface area (Å²) in [6, 6.07) is 31.6. The Morgan fingerprint density at radius 1 is 0.667 bits per heavy atom. The lowest BCUT2D eigenvalue weighted by Gasteiger charge is -2.44. The Morgan fingerprint density at radius 3 is 1.74 bits per heavy atom. The highest BCUT2D eigenvalue weighted by molar-refractivity contribution is 7.99. The van der Waals surface area contributed by atoms with E-state index in [0.717, 1.165) is 16.7 Å². The summed E-state index contributed by atoms with van der Waals surface area (Å²) in [6.45, 7) is 1.37. The normalized spacial score (nSPS) is 22.9. The Morgan fingerprint density at radius 2 is 1.18 bits per heavy atom. The molecule has 4 aromatic rings. The van der Waals surface area contributed by atoms with E-state index >= 15 is 0 Å². The summed E-state index contributed by atoms with van der Waals surface area (Å²) in [4.78, 5) is 8.61. The van der Waals surface area contributed by atoms with E-state index < -0.39 is 29.9 Å². The van der Waals surface area contributed by atoms with Gasteiger partial charge < -0.3 is 24.1 Å². The van der Waals surface area contributed by atoms with Gasteiger partial charge in [0, 0.05) is 12.4 Å². The summed E-state index contributed by atoms with van der Waals surface area (Å²) in [5, 5.41) is 12.0. The minimum Gasteiger partial charge on any atom is -0.387 e. The summed E-state index contributed by atoms with van der Waals surface area (Å²) in [5.41, 5.74) is 2.42. The van der Waals surface area contributed by atoms with Crippen molar-refractivity contribution < 1.29 is 24.1 Å². The second-order valence-electron chi connectivity index (χ2n) is 9.21. The van der Waals surface area contributed by atoms with Crippen LogP contribution in [-0.2, 0) is 38.8 Å². The fourth-order valence-corrected chi connectivity index (χ4v) is 5.31. The van der Waals surface area contributed by atoms with Gasteiger partial charge in [0.2, 0.25) is 0 Å². The van der Waals surface area contributed by atoms with Crippen LogP contribution in [-0.4, -0.2) is 51.5 Å². The maximum atomic E-state index is 11.5. The molecule has 8 heteroatoms. The van der Waals surface area contributed by atoms with Crippen LogP contribution < -0.4 is 0 Å². The average Bonchev–Trinajstić information content (AvgIpc) is 2.99. The van der Waals surface area contributed by atoms with Gasteiger partial charge in [-0.2, -0.15) is 0 Å². The van der Waals surface area contributed by atoms with Crippen LogP contribution in [0.25, 0.3) is 0 Å². The van der Waals surface area contributed by atoms with Crippen molar-refractivity contribution >= 4 is 11.8 Å². The molecule has 39 heavy (non-hydrogen) atoms. The third-order valence-electron chi connectivity index (χ3n) is 6.34. The van der Waals surface area contributed by atoms with Gasteiger partial charge >= 0.3 is 0 Å². The molecular formula is C31H32N2O5S. The van der Waals surface area contributed by atoms with Crippen LogP contribution in [0.5, 0.6) is 0 Å². The third-order valence-corrected chi connectivity index (χ3v) is 7.39. The predicted octanol–water partition coefficient (Wildman–Crippen LogP) is 5.04. The molecule has 0 unspecified atom stereocenters. The van der Waals surface area contributed by atoms with E-state index in [2.05, 4.69) is 9.97 Å². The fourth-order valence-electron chi connectivity index (χ4n) is 4.37. The van der Waals surface area contributed by atoms with Crippen molar-refractivity contribution in [2.24, 2.45) is 0 Å². The van der Waals surface area contributed by atoms with Crippen molar-refractivity contribution in [2.75, 3.05) is 6.61 Å². The molecule has 0 bridgehead atoms. The molecule has 1 aliphatic heterocycles. The Hall–Kier alpha value is -3.11. The molecule has 0 saturated carbocycles. The predicted molar refractivity (Wildman–Crippen MR) is 149 cm³/mol. The summed E-state index contributed by atoms with van der Waals surface area (Å²) in [6.07, 6.45) is 0.597. The number of aliphatic hydroxyl groups excluding tert-OH is 1. The summed E-state index contributed by atoms with van der Waals surface area (Å²) in [7, 11) is 0. The monoisotopic (exact) mass is 544 g/mol. The van der Waals surface area contributed by atoms with Gasteiger partial charge in [0.05, 0.1) is 26.4 Å². The van der Waals surface area contributed by atoms with Gasteiger partial charge in [-0.1, -0.05) is 103 Å². The quantitative estimate of drug-likeness (QED) is 0.248. The Labute approximate surface area is 233 Å². The second kappa shape index (κ2) is 14.3. The highest BCUT2D eigenvalue weighted by atomic mass is 32.2. The maximum Gasteiger partial charge on any atom is 0.190 e. The number of aromatic nitrogens is 2. The van der Waals surface area contributed by atoms with Gasteiger partial charge in [0.15, 0.2) is 5.16 Å². The first kappa shape index (κ1) is 27.5. The lowest BCUT2D eigenvalue weighted by atomic mass is 9.99. The van der Waals surface area contributed by atoms with E-state index in [1.165, 1.54) is 11.8 Å². The van der Waals surface area contributed by atoms with Gasteiger partial charge in [-0.25, -0.2) is 9.97 Å². The number of benzene rings is 3. The van der Waals surface area contributed by atoms with E-state index in [0.29, 0.717) is 25.0 Å². The molecular weight excluding hydrogens is 512 g/mol. The van der Waals surface area contributed by atoms with Crippen LogP contribution in [0.2, 0.25) is 0 Å². The van der Waals surface area contributed by atoms with Crippen LogP contribution in [0.4, 0.5) is 0 Å². The molecule has 0 aliphatic carbocycles. The van der Waals surface area contributed by atoms with Crippen molar-refractivity contribution in [3.8, 4) is 0 Å². The van der Waals surface area contributed by atoms with E-state index in [9.17, 15) is 5.11 Å². The van der Waals surface area contributed by atoms with Gasteiger partial charge in [-0.3, -0.25) is 0 Å². The molecule has 7 nitrogen and oxygen atoms in total. The van der Waals surface area contributed by atoms with Gasteiger partial charge in [0.1, 0.15) is 29.9 Å². The Bertz CT molecular complexity index is 1240. The standard InChI is InChI=1S/C31H32N2O5S/c34-27-29(37-21-25-15-8-3-9-16-25)28(36-20-24-13-6-2-7-14-24)26(22-35-19-23-11-4-1-5-12-23)38-30(27)39-31-32-17-10-18-33-31/h1-18,26-30,34H,19-22H2/t26-,27+,28-,29-,30-/m1/s1. The fraction of sp³-hybridized carbons (Fsp3) is 0.290. The topological polar surface area (TPSA) is 82.9 Å². The molecule has 0 spiro atoms. The molecule has 202 valence electrons. The van der Waals surface area contributed by atoms with Gasteiger partial charge in [-0.15, -0.1) is 0 Å². The Kier molecular flexibility index (Phi) is 10.1. The number of nitrogens with zero attached hydrogens (tertiary/aromatic N) is 2. The highest BCUT2D eigenvalue weighted by Gasteiger charge is 2.47. The third kappa shape index (κ3) is 7.95. The molecule has 2 heterocycles. The van der Waals surface area contributed by atoms with E-state index in [1.54, 1.807) is 18.5 Å². The number of hydrogen-bond donors (Lipinski definition) is 1. The zero-order valence-corrected chi connectivity index (χ0v) is 22.3. The molecule has 3 aromatic carbocycles. The van der Waals surface area contributed by atoms with Gasteiger partial charge in [0.25, 0.3) is 0 Å². The van der Waals surface area contributed by atoms with E-state index in [1.807, 2.05) is 91.0 Å². The maximum absolute atomic E-state index is 11.5. The summed E-state index contributed by atoms with van der Waals surface area (Å²) >= 11 is 1.26. The SMILES string of the molecule is O[C@H]1[C@@H](OCc2ccccc2)[C@H](OCc2ccccc2)[C@@H](COCc2ccccc2)O[C@@H]1Sc1ncccn1. The van der Waals surface area contributed by atoms with Crippen LogP contribution in [0.15, 0.2) is 115 Å². The molecule has 1 aliphatic rings. The zero-order chi connectivity index (χ0) is 26.7. The smallest absolute Gasteiger partial charge is 0.190 e. The van der Waals surface area contributed by atoms with E-state index in [-0.39, 0.29) is 6.61 Å². The van der Waals surface area contributed by atoms with Crippen LogP contribution >= 0.6 is 11.8 Å². The van der Waals surface area contributed by atoms with Crippen LogP contribution in [0.1, 0.15) is 16.7 Å². The minimum atomic E-state index is -0.992. The first-order valence-corrected chi connectivity index (χ1v) is 13.8. The molecule has 0 radical (unpaired) electrons. The van der Waals surface area contributed by atoms with Crippen molar-refractivity contribution in [1.82, 2.24) is 9.97 Å². The molecule has 1 aromatic heterocycles. The van der Waals surface area contributed by atoms with Crippen LogP contribution in [0.3, 0.4) is 0 Å². The largest absolute Gasteiger partial charge is 0.387 e. The number of ether oxygens (including phenoxy) is 4. The lowest BCUT2D eigenvalue weighted by molar-refractivity contribution is -0.243. The zero-order valence-electron chi connectivity index (χ0n) is 21.5. The van der Waals surface area contributed by atoms with Crippen molar-refractivity contribution in [3.63, 3.8) is 0 Å². The molecule has 1 saturated heterocycles. The van der Waals surface area contributed by atoms with Crippen molar-refractivity contribution in [2.45, 2.75) is 54.8 Å². The molecule has 5 atom stereocenters. The highest BCUT2D eigenvalue weighted by Crippen LogP contribution is 2.35. The summed E-state index contributed by atoms with van der Waals surface area (Å²) in [5.74, 6) is 0. The first-order chi connectivity index (χ1) is 19.3. The molecule has 5 rings (SSSR count). The Balaban J connectivity index is 1.37. The minimum absolute atomic E-state index is 0.263. The van der Waals surface area contributed by atoms with E-state index in [4.69, 9.17) is 18.9 Å². The molecule has 1 N–H and O–H groups in total. The lowest BCUT2D eigenvalue weighted by Crippen LogP contribution is -2.59. The average molecular weight is 545 g/mol. The molecule has 1 fully saturated rings. The van der Waals surface area contributed by atoms with Gasteiger partial charge in [-0.05, 0) is 22.8 Å². The van der Waals surface area contributed by atoms with Crippen molar-refractivity contribution in [1.29, 1.82) is 0 Å². The first-order valence-electron chi connectivity index (χ1n) is 13.0. The van der Waals surface area contributed by atoms with Crippen LogP contribution in [0, 0.1) is 0 Å². The number of rotatable bonds is 12. The number of thioether (sulfide) groups is 1. The van der Waals surface area contributed by atoms with Crippen molar-refractivity contribution in [3.05, 3.63) is 126 Å². The number of hydrogen-bond acceptors (Lipinski definition) is 8. The molecule has 0 amide bonds.